The summed E-state index contributed by atoms with van der Waals surface area (Å²) in [4.78, 5) is 10.6. The highest BCUT2D eigenvalue weighted by Crippen LogP contribution is 2.28. The predicted octanol–water partition coefficient (Wildman–Crippen LogP) is 2.19. The third-order valence-corrected chi connectivity index (χ3v) is 2.26. The molecule has 0 bridgehead atoms. The lowest BCUT2D eigenvalue weighted by molar-refractivity contribution is -0.384. The zero-order chi connectivity index (χ0) is 12.3. The molecule has 0 saturated carbocycles. The number of hydrogen-bond donors (Lipinski definition) is 1. The maximum absolute atomic E-state index is 10.9. The highest BCUT2D eigenvalue weighted by atomic mass is 16.6. The molecule has 0 aliphatic rings. The van der Waals surface area contributed by atoms with Gasteiger partial charge in [-0.3, -0.25) is 10.1 Å². The van der Waals surface area contributed by atoms with Gasteiger partial charge in [-0.1, -0.05) is 13.8 Å². The van der Waals surface area contributed by atoms with Gasteiger partial charge in [0.1, 0.15) is 5.69 Å². The molecule has 6 nitrogen and oxygen atoms in total. The minimum absolute atomic E-state index is 0.0856. The first kappa shape index (κ1) is 12.5. The number of anilines is 1. The molecular weight excluding hydrogens is 208 g/mol. The van der Waals surface area contributed by atoms with Gasteiger partial charge in [0, 0.05) is 13.1 Å². The van der Waals surface area contributed by atoms with Crippen LogP contribution in [0.5, 0.6) is 0 Å². The van der Waals surface area contributed by atoms with Crippen LogP contribution in [0.2, 0.25) is 0 Å². The molecule has 0 amide bonds. The predicted molar refractivity (Wildman–Crippen MR) is 62.6 cm³/mol. The van der Waals surface area contributed by atoms with E-state index in [0.29, 0.717) is 30.5 Å². The number of nitrogens with zero attached hydrogens (tertiary/aromatic N) is 3. The van der Waals surface area contributed by atoms with Crippen molar-refractivity contribution in [3.63, 3.8) is 0 Å². The highest BCUT2D eigenvalue weighted by molar-refractivity contribution is 5.59. The molecule has 1 N–H and O–H groups in total. The van der Waals surface area contributed by atoms with Crippen LogP contribution in [0.1, 0.15) is 26.5 Å². The van der Waals surface area contributed by atoms with E-state index >= 15 is 0 Å². The van der Waals surface area contributed by atoms with Crippen LogP contribution < -0.4 is 5.32 Å². The molecule has 0 saturated heterocycles. The van der Waals surface area contributed by atoms with Crippen LogP contribution >= 0.6 is 0 Å². The minimum Gasteiger partial charge on any atom is -0.364 e. The molecule has 0 aliphatic carbocycles. The van der Waals surface area contributed by atoms with Crippen molar-refractivity contribution in [1.82, 2.24) is 9.78 Å². The SMILES string of the molecule is CCn1nc(C)c([N+](=O)[O-])c1NCC(C)C. The average molecular weight is 226 g/mol. The highest BCUT2D eigenvalue weighted by Gasteiger charge is 2.24. The molecule has 16 heavy (non-hydrogen) atoms. The Morgan fingerprint density at radius 2 is 2.19 bits per heavy atom. The largest absolute Gasteiger partial charge is 0.364 e. The number of nitro groups is 1. The van der Waals surface area contributed by atoms with Gasteiger partial charge in [0.15, 0.2) is 0 Å². The second-order valence-electron chi connectivity index (χ2n) is 4.13. The molecule has 0 spiro atoms. The summed E-state index contributed by atoms with van der Waals surface area (Å²) >= 11 is 0. The monoisotopic (exact) mass is 226 g/mol. The summed E-state index contributed by atoms with van der Waals surface area (Å²) in [6.07, 6.45) is 0. The van der Waals surface area contributed by atoms with Gasteiger partial charge in [-0.2, -0.15) is 5.10 Å². The Hall–Kier alpha value is -1.59. The van der Waals surface area contributed by atoms with Gasteiger partial charge in [-0.05, 0) is 19.8 Å². The molecule has 1 aromatic rings. The molecule has 6 heteroatoms. The zero-order valence-electron chi connectivity index (χ0n) is 10.1. The lowest BCUT2D eigenvalue weighted by atomic mass is 10.2. The molecule has 0 unspecified atom stereocenters. The Labute approximate surface area is 94.8 Å². The molecule has 90 valence electrons. The topological polar surface area (TPSA) is 73.0 Å². The Morgan fingerprint density at radius 1 is 1.56 bits per heavy atom. The standard InChI is InChI=1S/C10H18N4O2/c1-5-13-10(11-6-7(2)3)9(14(15)16)8(4)12-13/h7,11H,5-6H2,1-4H3. The normalized spacial score (nSPS) is 10.8. The van der Waals surface area contributed by atoms with E-state index in [1.54, 1.807) is 11.6 Å². The van der Waals surface area contributed by atoms with Gasteiger partial charge in [-0.25, -0.2) is 4.68 Å². The summed E-state index contributed by atoms with van der Waals surface area (Å²) in [6.45, 7) is 9.00. The third kappa shape index (κ3) is 2.50. The van der Waals surface area contributed by atoms with Gasteiger partial charge in [-0.15, -0.1) is 0 Å². The third-order valence-electron chi connectivity index (χ3n) is 2.26. The van der Waals surface area contributed by atoms with Crippen LogP contribution in [0, 0.1) is 23.0 Å². The molecular formula is C10H18N4O2. The molecule has 1 rings (SSSR count). The van der Waals surface area contributed by atoms with Crippen LogP contribution in [-0.2, 0) is 6.54 Å². The van der Waals surface area contributed by atoms with E-state index in [2.05, 4.69) is 24.3 Å². The summed E-state index contributed by atoms with van der Waals surface area (Å²) in [5.41, 5.74) is 0.542. The number of aryl methyl sites for hydroxylation is 2. The molecule has 1 aromatic heterocycles. The van der Waals surface area contributed by atoms with E-state index in [1.165, 1.54) is 0 Å². The fourth-order valence-electron chi connectivity index (χ4n) is 1.50. The van der Waals surface area contributed by atoms with Crippen LogP contribution in [0.3, 0.4) is 0 Å². The van der Waals surface area contributed by atoms with Crippen LogP contribution in [0.25, 0.3) is 0 Å². The summed E-state index contributed by atoms with van der Waals surface area (Å²) < 4.78 is 1.63. The first-order chi connectivity index (χ1) is 7.47. The summed E-state index contributed by atoms with van der Waals surface area (Å²) in [6, 6.07) is 0. The Bertz CT molecular complexity index is 384. The molecule has 0 atom stereocenters. The maximum atomic E-state index is 10.9. The zero-order valence-corrected chi connectivity index (χ0v) is 10.1. The van der Waals surface area contributed by atoms with E-state index < -0.39 is 0 Å². The minimum atomic E-state index is -0.378. The molecule has 0 aromatic carbocycles. The Morgan fingerprint density at radius 3 is 2.62 bits per heavy atom. The molecule has 0 fully saturated rings. The number of aromatic nitrogens is 2. The number of nitrogens with one attached hydrogen (secondary N) is 1. The fourth-order valence-corrected chi connectivity index (χ4v) is 1.50. The van der Waals surface area contributed by atoms with E-state index in [4.69, 9.17) is 0 Å². The van der Waals surface area contributed by atoms with Crippen LogP contribution in [-0.4, -0.2) is 21.2 Å². The van der Waals surface area contributed by atoms with Crippen LogP contribution in [0.4, 0.5) is 11.5 Å². The van der Waals surface area contributed by atoms with Crippen molar-refractivity contribution in [2.75, 3.05) is 11.9 Å². The average Bonchev–Trinajstić information content (AvgIpc) is 2.51. The fraction of sp³-hybridized carbons (Fsp3) is 0.700. The second kappa shape index (κ2) is 4.96. The van der Waals surface area contributed by atoms with Gasteiger partial charge >= 0.3 is 5.69 Å². The molecule has 1 heterocycles. The lowest BCUT2D eigenvalue weighted by Gasteiger charge is -2.09. The van der Waals surface area contributed by atoms with E-state index in [9.17, 15) is 10.1 Å². The second-order valence-corrected chi connectivity index (χ2v) is 4.13. The number of rotatable bonds is 5. The maximum Gasteiger partial charge on any atom is 0.333 e. The molecule has 0 aliphatic heterocycles. The Kier molecular flexibility index (Phi) is 3.87. The van der Waals surface area contributed by atoms with Crippen molar-refractivity contribution in [3.05, 3.63) is 15.8 Å². The van der Waals surface area contributed by atoms with Crippen molar-refractivity contribution >= 4 is 11.5 Å². The van der Waals surface area contributed by atoms with E-state index in [-0.39, 0.29) is 10.6 Å². The van der Waals surface area contributed by atoms with Crippen molar-refractivity contribution in [1.29, 1.82) is 0 Å². The van der Waals surface area contributed by atoms with Crippen molar-refractivity contribution < 1.29 is 4.92 Å². The van der Waals surface area contributed by atoms with E-state index in [1.807, 2.05) is 6.92 Å². The van der Waals surface area contributed by atoms with Gasteiger partial charge in [0.2, 0.25) is 5.82 Å². The number of hydrogen-bond acceptors (Lipinski definition) is 4. The summed E-state index contributed by atoms with van der Waals surface area (Å²) in [7, 11) is 0. The quantitative estimate of drug-likeness (QED) is 0.617. The van der Waals surface area contributed by atoms with Gasteiger partial charge < -0.3 is 5.32 Å². The van der Waals surface area contributed by atoms with Crippen molar-refractivity contribution in [2.24, 2.45) is 5.92 Å². The summed E-state index contributed by atoms with van der Waals surface area (Å²) in [5.74, 6) is 0.943. The van der Waals surface area contributed by atoms with Crippen molar-refractivity contribution in [3.8, 4) is 0 Å². The smallest absolute Gasteiger partial charge is 0.333 e. The van der Waals surface area contributed by atoms with Crippen LogP contribution in [0.15, 0.2) is 0 Å². The first-order valence-corrected chi connectivity index (χ1v) is 5.43. The van der Waals surface area contributed by atoms with E-state index in [0.717, 1.165) is 0 Å². The Balaban J connectivity index is 3.06. The van der Waals surface area contributed by atoms with Crippen molar-refractivity contribution in [2.45, 2.75) is 34.2 Å². The summed E-state index contributed by atoms with van der Waals surface area (Å²) in [5, 5.41) is 18.2. The van der Waals surface area contributed by atoms with Gasteiger partial charge in [0.25, 0.3) is 0 Å². The van der Waals surface area contributed by atoms with Gasteiger partial charge in [0.05, 0.1) is 4.92 Å². The molecule has 0 radical (unpaired) electrons. The lowest BCUT2D eigenvalue weighted by Crippen LogP contribution is -2.13. The first-order valence-electron chi connectivity index (χ1n) is 5.43.